The molecule has 0 bridgehead atoms. The molecule has 2 unspecified atom stereocenters. The van der Waals surface area contributed by atoms with Crippen LogP contribution in [0.4, 0.5) is 0 Å². The van der Waals surface area contributed by atoms with Gasteiger partial charge in [-0.2, -0.15) is 0 Å². The molecule has 0 amide bonds. The molecule has 0 aromatic heterocycles. The Morgan fingerprint density at radius 2 is 0.760 bits per heavy atom. The van der Waals surface area contributed by atoms with Crippen LogP contribution >= 0.6 is 0 Å². The van der Waals surface area contributed by atoms with Crippen LogP contribution in [-0.4, -0.2) is 56.4 Å². The van der Waals surface area contributed by atoms with Gasteiger partial charge in [-0.25, -0.2) is 0 Å². The zero-order valence-electron chi connectivity index (χ0n) is 14.9. The summed E-state index contributed by atoms with van der Waals surface area (Å²) in [6.45, 7) is 4.33. The summed E-state index contributed by atoms with van der Waals surface area (Å²) in [5.74, 6) is -3.33. The van der Waals surface area contributed by atoms with Crippen molar-refractivity contribution in [2.75, 3.05) is 0 Å². The molecule has 0 saturated heterocycles. The van der Waals surface area contributed by atoms with Crippen LogP contribution in [-0.2, 0) is 36.2 Å². The van der Waals surface area contributed by atoms with Crippen molar-refractivity contribution < 1.29 is 56.7 Å². The van der Waals surface area contributed by atoms with Crippen LogP contribution in [0.1, 0.15) is 53.4 Å². The molecule has 0 aromatic carbocycles. The van der Waals surface area contributed by atoms with Crippen LogP contribution in [0.5, 0.6) is 0 Å². The van der Waals surface area contributed by atoms with Crippen molar-refractivity contribution in [3.8, 4) is 0 Å². The SMILES string of the molecule is CC(=O)O.CC(=O)O.CC(=O)O.CC(=O)O.NC1CCCCC1N.[Fe]. The Kier molecular flexibility index (Phi) is 34.0. The first-order valence-corrected chi connectivity index (χ1v) is 7.03. The number of hydrogen-bond acceptors (Lipinski definition) is 6. The quantitative estimate of drug-likeness (QED) is 0.307. The van der Waals surface area contributed by atoms with Crippen molar-refractivity contribution in [1.82, 2.24) is 0 Å². The molecule has 0 heterocycles. The maximum Gasteiger partial charge on any atom is 0.300 e. The van der Waals surface area contributed by atoms with E-state index in [2.05, 4.69) is 0 Å². The maximum atomic E-state index is 9.00. The normalized spacial score (nSPS) is 16.7. The summed E-state index contributed by atoms with van der Waals surface area (Å²) >= 11 is 0. The van der Waals surface area contributed by atoms with Gasteiger partial charge in [0.2, 0.25) is 0 Å². The van der Waals surface area contributed by atoms with Crippen molar-refractivity contribution in [2.45, 2.75) is 65.5 Å². The van der Waals surface area contributed by atoms with E-state index < -0.39 is 23.9 Å². The number of aliphatic carboxylic acids is 4. The fourth-order valence-corrected chi connectivity index (χ4v) is 1.19. The molecule has 0 radical (unpaired) electrons. The van der Waals surface area contributed by atoms with Crippen LogP contribution in [0.2, 0.25) is 0 Å². The third kappa shape index (κ3) is 106. The molecule has 8 N–H and O–H groups in total. The molecular weight excluding hydrogens is 380 g/mol. The molecule has 10 nitrogen and oxygen atoms in total. The number of hydrogen-bond donors (Lipinski definition) is 6. The van der Waals surface area contributed by atoms with Crippen molar-refractivity contribution in [3.63, 3.8) is 0 Å². The van der Waals surface area contributed by atoms with Gasteiger partial charge in [-0.1, -0.05) is 12.8 Å². The van der Waals surface area contributed by atoms with E-state index >= 15 is 0 Å². The first-order chi connectivity index (χ1) is 10.7. The van der Waals surface area contributed by atoms with E-state index in [0.29, 0.717) is 0 Å². The number of carboxylic acids is 4. The fourth-order valence-electron chi connectivity index (χ4n) is 1.19. The van der Waals surface area contributed by atoms with Gasteiger partial charge in [0, 0.05) is 56.8 Å². The summed E-state index contributed by atoms with van der Waals surface area (Å²) in [5, 5.41) is 29.7. The summed E-state index contributed by atoms with van der Waals surface area (Å²) < 4.78 is 0. The molecule has 11 heteroatoms. The summed E-state index contributed by atoms with van der Waals surface area (Å²) in [6.07, 6.45) is 4.80. The van der Waals surface area contributed by atoms with Crippen LogP contribution in [0.3, 0.4) is 0 Å². The molecule has 0 aromatic rings. The molecule has 0 spiro atoms. The summed E-state index contributed by atoms with van der Waals surface area (Å²) in [6, 6.07) is 0.562. The monoisotopic (exact) mass is 410 g/mol. The van der Waals surface area contributed by atoms with E-state index in [-0.39, 0.29) is 29.2 Å². The Bertz CT molecular complexity index is 293. The van der Waals surface area contributed by atoms with Crippen LogP contribution in [0.25, 0.3) is 0 Å². The second kappa shape index (κ2) is 24.6. The second-order valence-electron chi connectivity index (χ2n) is 4.69. The predicted octanol–water partition coefficient (Wildman–Crippen LogP) is 0.576. The van der Waals surface area contributed by atoms with Gasteiger partial charge in [0.15, 0.2) is 0 Å². The Labute approximate surface area is 158 Å². The van der Waals surface area contributed by atoms with Gasteiger partial charge in [0.25, 0.3) is 23.9 Å². The van der Waals surface area contributed by atoms with E-state index in [1.165, 1.54) is 12.8 Å². The summed E-state index contributed by atoms with van der Waals surface area (Å²) in [7, 11) is 0. The summed E-state index contributed by atoms with van der Waals surface area (Å²) in [4.78, 5) is 36.0. The van der Waals surface area contributed by atoms with Crippen LogP contribution in [0.15, 0.2) is 0 Å². The van der Waals surface area contributed by atoms with Crippen molar-refractivity contribution in [2.24, 2.45) is 11.5 Å². The topological polar surface area (TPSA) is 201 Å². The van der Waals surface area contributed by atoms with E-state index in [4.69, 9.17) is 51.1 Å². The minimum absolute atomic E-state index is 0. The van der Waals surface area contributed by atoms with Gasteiger partial charge in [-0.3, -0.25) is 19.2 Å². The molecule has 1 saturated carbocycles. The standard InChI is InChI=1S/C6H14N2.4C2H4O2.Fe/c7-5-3-1-2-4-6(5)8;4*1-2(3)4;/h5-6H,1-4,7-8H2;4*1H3,(H,3,4);. The van der Waals surface area contributed by atoms with Gasteiger partial charge >= 0.3 is 0 Å². The minimum Gasteiger partial charge on any atom is -0.481 e. The second-order valence-corrected chi connectivity index (χ2v) is 4.69. The minimum atomic E-state index is -0.833. The Morgan fingerprint density at radius 1 is 0.640 bits per heavy atom. The van der Waals surface area contributed by atoms with Gasteiger partial charge in [0.05, 0.1) is 0 Å². The first kappa shape index (κ1) is 34.6. The number of carbonyl (C=O) groups is 4. The Balaban J connectivity index is -0.0000000695. The smallest absolute Gasteiger partial charge is 0.300 e. The van der Waals surface area contributed by atoms with Crippen molar-refractivity contribution >= 4 is 23.9 Å². The number of carboxylic acid groups (broad SMARTS) is 4. The average molecular weight is 410 g/mol. The molecule has 1 rings (SSSR count). The third-order valence-corrected chi connectivity index (χ3v) is 1.87. The molecule has 1 aliphatic carbocycles. The zero-order chi connectivity index (χ0) is 20.3. The molecule has 0 aliphatic heterocycles. The van der Waals surface area contributed by atoms with E-state index in [9.17, 15) is 0 Å². The van der Waals surface area contributed by atoms with E-state index in [0.717, 1.165) is 40.5 Å². The van der Waals surface area contributed by atoms with E-state index in [1.807, 2.05) is 0 Å². The third-order valence-electron chi connectivity index (χ3n) is 1.87. The molecular formula is C14H30FeN2O8. The van der Waals surface area contributed by atoms with Crippen LogP contribution < -0.4 is 11.5 Å². The first-order valence-electron chi connectivity index (χ1n) is 7.03. The Morgan fingerprint density at radius 3 is 0.840 bits per heavy atom. The molecule has 152 valence electrons. The average Bonchev–Trinajstić information content (AvgIpc) is 2.30. The maximum absolute atomic E-state index is 9.00. The number of rotatable bonds is 0. The number of nitrogens with two attached hydrogens (primary N) is 2. The van der Waals surface area contributed by atoms with Gasteiger partial charge < -0.3 is 31.9 Å². The Hall–Kier alpha value is -1.68. The zero-order valence-corrected chi connectivity index (χ0v) is 16.0. The van der Waals surface area contributed by atoms with Gasteiger partial charge in [-0.05, 0) is 12.8 Å². The van der Waals surface area contributed by atoms with E-state index in [1.54, 1.807) is 0 Å². The molecule has 1 fully saturated rings. The van der Waals surface area contributed by atoms with Crippen molar-refractivity contribution in [1.29, 1.82) is 0 Å². The van der Waals surface area contributed by atoms with Gasteiger partial charge in [0.1, 0.15) is 0 Å². The predicted molar refractivity (Wildman–Crippen MR) is 87.7 cm³/mol. The fraction of sp³-hybridized carbons (Fsp3) is 0.714. The molecule has 1 aliphatic rings. The van der Waals surface area contributed by atoms with Gasteiger partial charge in [-0.15, -0.1) is 0 Å². The molecule has 25 heavy (non-hydrogen) atoms. The molecule has 2 atom stereocenters. The summed E-state index contributed by atoms with van der Waals surface area (Å²) in [5.41, 5.74) is 11.3. The van der Waals surface area contributed by atoms with Crippen molar-refractivity contribution in [3.05, 3.63) is 0 Å². The van der Waals surface area contributed by atoms with Crippen LogP contribution in [0, 0.1) is 0 Å². The largest absolute Gasteiger partial charge is 0.481 e.